The summed E-state index contributed by atoms with van der Waals surface area (Å²) >= 11 is 0. The summed E-state index contributed by atoms with van der Waals surface area (Å²) in [4.78, 5) is 16.8. The Balaban J connectivity index is 1.13. The van der Waals surface area contributed by atoms with Gasteiger partial charge in [0.15, 0.2) is 5.84 Å². The number of ether oxygens (including phenoxy) is 1. The first-order chi connectivity index (χ1) is 27.7. The van der Waals surface area contributed by atoms with Crippen molar-refractivity contribution in [2.24, 2.45) is 26.8 Å². The molecule has 7 nitrogen and oxygen atoms in total. The minimum Gasteiger partial charge on any atom is -0.463 e. The van der Waals surface area contributed by atoms with E-state index in [9.17, 15) is 5.41 Å². The van der Waals surface area contributed by atoms with Gasteiger partial charge in [0, 0.05) is 29.3 Å². The summed E-state index contributed by atoms with van der Waals surface area (Å²) in [6.45, 7) is 3.75. The highest BCUT2D eigenvalue weighted by atomic mass is 16.5. The lowest BCUT2D eigenvalue weighted by molar-refractivity contribution is 0.479. The van der Waals surface area contributed by atoms with Gasteiger partial charge in [0.1, 0.15) is 17.8 Å². The zero-order valence-electron chi connectivity index (χ0n) is 31.6. The average Bonchev–Trinajstić information content (AvgIpc) is 3.26. The van der Waals surface area contributed by atoms with Crippen LogP contribution >= 0.6 is 0 Å². The first-order valence-electron chi connectivity index (χ1n) is 19.4. The molecule has 0 bridgehead atoms. The first-order valence-corrected chi connectivity index (χ1v) is 19.4. The predicted octanol–water partition coefficient (Wildman–Crippen LogP) is 11.3. The summed E-state index contributed by atoms with van der Waals surface area (Å²) in [7, 11) is 0. The minimum atomic E-state index is -0.172. The van der Waals surface area contributed by atoms with Crippen LogP contribution in [0.15, 0.2) is 214 Å². The Kier molecular flexibility index (Phi) is 12.9. The first kappa shape index (κ1) is 37.7. The summed E-state index contributed by atoms with van der Waals surface area (Å²) in [5.41, 5.74) is 7.26. The van der Waals surface area contributed by atoms with E-state index in [0.717, 1.165) is 77.5 Å². The molecule has 2 aliphatic heterocycles. The number of hydrogen-bond acceptors (Lipinski definition) is 6. The number of fused-ring (bicyclic) bond motifs is 1. The second kappa shape index (κ2) is 19.1. The van der Waals surface area contributed by atoms with E-state index in [-0.39, 0.29) is 18.0 Å². The molecule has 2 N–H and O–H groups in total. The molecule has 0 saturated carbocycles. The maximum absolute atomic E-state index is 9.21. The molecule has 56 heavy (non-hydrogen) atoms. The highest BCUT2D eigenvalue weighted by molar-refractivity contribution is 6.10. The normalized spacial score (nSPS) is 23.6. The Bertz CT molecular complexity index is 2220. The maximum atomic E-state index is 9.21. The van der Waals surface area contributed by atoms with Gasteiger partial charge in [0.05, 0.1) is 24.0 Å². The topological polar surface area (TPSA) is 85.4 Å². The van der Waals surface area contributed by atoms with Crippen LogP contribution in [0.2, 0.25) is 0 Å². The van der Waals surface area contributed by atoms with Gasteiger partial charge >= 0.3 is 0 Å². The summed E-state index contributed by atoms with van der Waals surface area (Å²) in [5, 5.41) is 12.5. The number of benzene rings is 2. The Hall–Kier alpha value is -6.60. The Labute approximate surface area is 330 Å². The Morgan fingerprint density at radius 2 is 1.70 bits per heavy atom. The van der Waals surface area contributed by atoms with Crippen LogP contribution in [-0.4, -0.2) is 23.7 Å². The molecule has 0 saturated heterocycles. The molecule has 3 aliphatic carbocycles. The molecule has 3 atom stereocenters. The van der Waals surface area contributed by atoms with Gasteiger partial charge in [-0.25, -0.2) is 15.0 Å². The lowest BCUT2D eigenvalue weighted by Crippen LogP contribution is -2.25. The molecule has 0 spiro atoms. The van der Waals surface area contributed by atoms with Gasteiger partial charge in [-0.3, -0.25) is 5.41 Å². The summed E-state index contributed by atoms with van der Waals surface area (Å²) in [6, 6.07) is 18.3. The highest BCUT2D eigenvalue weighted by Crippen LogP contribution is 2.36. The minimum absolute atomic E-state index is 0.0169. The number of para-hydroxylation sites is 2. The number of rotatable bonds is 10. The molecule has 0 fully saturated rings. The zero-order chi connectivity index (χ0) is 38.4. The highest BCUT2D eigenvalue weighted by Gasteiger charge is 2.24. The summed E-state index contributed by atoms with van der Waals surface area (Å²) in [5.74, 6) is 2.02. The molecule has 7 heteroatoms. The number of aliphatic imine (C=N–C) groups is 3. The molecule has 5 aliphatic rings. The number of amidine groups is 2. The van der Waals surface area contributed by atoms with Crippen molar-refractivity contribution in [3.05, 3.63) is 205 Å². The maximum Gasteiger partial charge on any atom is 0.158 e. The van der Waals surface area contributed by atoms with E-state index in [1.807, 2.05) is 72.9 Å². The fraction of sp³-hybridized carbons (Fsp3) is 0.184. The van der Waals surface area contributed by atoms with Crippen molar-refractivity contribution in [2.75, 3.05) is 4.90 Å². The van der Waals surface area contributed by atoms with E-state index in [1.165, 1.54) is 5.57 Å². The third-order valence-corrected chi connectivity index (χ3v) is 10.0. The zero-order valence-corrected chi connectivity index (χ0v) is 31.6. The molecule has 0 radical (unpaired) electrons. The molecule has 2 aromatic rings. The van der Waals surface area contributed by atoms with Gasteiger partial charge in [0.25, 0.3) is 0 Å². The van der Waals surface area contributed by atoms with Crippen molar-refractivity contribution in [2.45, 2.75) is 44.7 Å². The van der Waals surface area contributed by atoms with Crippen LogP contribution in [0, 0.1) is 17.2 Å². The van der Waals surface area contributed by atoms with Gasteiger partial charge in [-0.05, 0) is 85.6 Å². The van der Waals surface area contributed by atoms with Crippen LogP contribution in [0.4, 0.5) is 5.69 Å². The molecule has 2 aromatic carbocycles. The van der Waals surface area contributed by atoms with Crippen molar-refractivity contribution in [1.82, 2.24) is 5.32 Å². The van der Waals surface area contributed by atoms with Gasteiger partial charge < -0.3 is 15.0 Å². The van der Waals surface area contributed by atoms with Crippen molar-refractivity contribution in [3.63, 3.8) is 0 Å². The van der Waals surface area contributed by atoms with E-state index in [2.05, 4.69) is 107 Å². The lowest BCUT2D eigenvalue weighted by atomic mass is 9.82. The SMILES string of the molecule is C=C\C=C/C=C/C=C/C(=N\C(=N)C1=CC=C(N2/C=C/CC/C=C/Oc3ccccc32)CC1)[C@@H]1C=C(C2C=C(C3=N[C@H](c4ccccc4)NC=N3)C=CC2)C=CC1. The Morgan fingerprint density at radius 1 is 0.875 bits per heavy atom. The van der Waals surface area contributed by atoms with Gasteiger partial charge in [-0.2, -0.15) is 0 Å². The van der Waals surface area contributed by atoms with Gasteiger partial charge in [0.2, 0.25) is 0 Å². The summed E-state index contributed by atoms with van der Waals surface area (Å²) < 4.78 is 6.00. The number of hydrogen-bond donors (Lipinski definition) is 2. The van der Waals surface area contributed by atoms with E-state index >= 15 is 0 Å². The van der Waals surface area contributed by atoms with Crippen molar-refractivity contribution in [3.8, 4) is 5.75 Å². The fourth-order valence-electron chi connectivity index (χ4n) is 7.08. The molecular weight excluding hydrogens is 689 g/mol. The van der Waals surface area contributed by atoms with Crippen molar-refractivity contribution < 1.29 is 4.74 Å². The number of nitrogens with one attached hydrogen (secondary N) is 2. The van der Waals surface area contributed by atoms with Crippen molar-refractivity contribution in [1.29, 1.82) is 5.41 Å². The summed E-state index contributed by atoms with van der Waals surface area (Å²) in [6.07, 6.45) is 46.0. The third kappa shape index (κ3) is 9.73. The molecule has 280 valence electrons. The standard InChI is InChI=1S/C49H48N6O/c1-2-3-4-5-6-12-25-44(53-47(50)37-28-30-43(31-29-37)55-32-15-7-8-16-33-56-46-27-14-13-26-45(46)55)41-23-17-21-39(34-41)40-22-18-24-42(35-40)49-52-36-51-48(54-49)38-19-10-9-11-20-38/h2-6,9-21,24-28,30,32-36,40-41,48,50H,1,7-8,22-23,29,31H2,(H,51,52,54)/b4-3-,6-5+,25-12+,32-15+,33-16+,50-47?,53-44+/t40?,41-,48+/m0/s1. The van der Waals surface area contributed by atoms with E-state index in [0.29, 0.717) is 12.3 Å². The van der Waals surface area contributed by atoms with E-state index in [4.69, 9.17) is 14.7 Å². The third-order valence-electron chi connectivity index (χ3n) is 10.0. The molecule has 0 amide bonds. The molecule has 0 aromatic heterocycles. The fourth-order valence-corrected chi connectivity index (χ4v) is 7.08. The second-order valence-electron chi connectivity index (χ2n) is 13.9. The van der Waals surface area contributed by atoms with Crippen molar-refractivity contribution >= 4 is 29.4 Å². The van der Waals surface area contributed by atoms with Crippen LogP contribution in [-0.2, 0) is 0 Å². The molecule has 1 unspecified atom stereocenters. The number of anilines is 1. The van der Waals surface area contributed by atoms with Crippen LogP contribution in [0.1, 0.15) is 50.3 Å². The van der Waals surface area contributed by atoms with E-state index in [1.54, 1.807) is 18.7 Å². The smallest absolute Gasteiger partial charge is 0.158 e. The van der Waals surface area contributed by atoms with Gasteiger partial charge in [-0.1, -0.05) is 134 Å². The van der Waals surface area contributed by atoms with Crippen LogP contribution in [0.5, 0.6) is 5.75 Å². The lowest BCUT2D eigenvalue weighted by Gasteiger charge is -2.28. The van der Waals surface area contributed by atoms with E-state index < -0.39 is 0 Å². The monoisotopic (exact) mass is 736 g/mol. The molecular formula is C49H48N6O. The quantitative estimate of drug-likeness (QED) is 0.145. The molecule has 7 rings (SSSR count). The number of nitrogens with zero attached hydrogens (tertiary/aromatic N) is 4. The van der Waals surface area contributed by atoms with Gasteiger partial charge in [-0.15, -0.1) is 0 Å². The average molecular weight is 737 g/mol. The Morgan fingerprint density at radius 3 is 2.57 bits per heavy atom. The van der Waals surface area contributed by atoms with Crippen LogP contribution in [0.3, 0.4) is 0 Å². The van der Waals surface area contributed by atoms with Crippen LogP contribution in [0.25, 0.3) is 0 Å². The predicted molar refractivity (Wildman–Crippen MR) is 234 cm³/mol. The largest absolute Gasteiger partial charge is 0.463 e. The van der Waals surface area contributed by atoms with Crippen LogP contribution < -0.4 is 15.0 Å². The second-order valence-corrected chi connectivity index (χ2v) is 13.9. The molecule has 2 heterocycles. The number of allylic oxidation sites excluding steroid dienone is 18.